The van der Waals surface area contributed by atoms with Gasteiger partial charge >= 0.3 is 0 Å². The molecule has 0 bridgehead atoms. The lowest BCUT2D eigenvalue weighted by Crippen LogP contribution is -2.22. The first-order valence-corrected chi connectivity index (χ1v) is 6.99. The minimum Gasteiger partial charge on any atom is -0.348 e. The normalized spacial score (nSPS) is 10.1. The van der Waals surface area contributed by atoms with Crippen LogP contribution in [-0.4, -0.2) is 11.7 Å². The molecule has 0 saturated heterocycles. The van der Waals surface area contributed by atoms with E-state index in [9.17, 15) is 9.59 Å². The van der Waals surface area contributed by atoms with E-state index in [4.69, 9.17) is 0 Å². The van der Waals surface area contributed by atoms with Gasteiger partial charge in [0.15, 0.2) is 5.78 Å². The van der Waals surface area contributed by atoms with Crippen LogP contribution in [0.1, 0.15) is 33.2 Å². The van der Waals surface area contributed by atoms with Gasteiger partial charge in [0.2, 0.25) is 0 Å². The number of halogens is 1. The highest BCUT2D eigenvalue weighted by atomic mass is 79.9. The summed E-state index contributed by atoms with van der Waals surface area (Å²) >= 11 is 3.37. The van der Waals surface area contributed by atoms with Crippen molar-refractivity contribution in [2.24, 2.45) is 0 Å². The summed E-state index contributed by atoms with van der Waals surface area (Å²) in [6, 6.07) is 14.4. The third kappa shape index (κ3) is 3.78. The van der Waals surface area contributed by atoms with E-state index in [1.807, 2.05) is 24.3 Å². The molecule has 0 aliphatic rings. The van der Waals surface area contributed by atoms with E-state index in [1.165, 1.54) is 6.92 Å². The SMILES string of the molecule is CC(=O)c1ccc(C(=O)NCc2ccc(Br)cc2)cc1. The molecule has 0 heterocycles. The van der Waals surface area contributed by atoms with Gasteiger partial charge in [0.1, 0.15) is 0 Å². The first kappa shape index (κ1) is 14.5. The van der Waals surface area contributed by atoms with Crippen molar-refractivity contribution >= 4 is 27.6 Å². The monoisotopic (exact) mass is 331 g/mol. The Morgan fingerprint density at radius 1 is 0.950 bits per heavy atom. The van der Waals surface area contributed by atoms with E-state index in [2.05, 4.69) is 21.2 Å². The van der Waals surface area contributed by atoms with Crippen LogP contribution < -0.4 is 5.32 Å². The molecule has 102 valence electrons. The van der Waals surface area contributed by atoms with Crippen molar-refractivity contribution in [3.63, 3.8) is 0 Å². The molecule has 0 saturated carbocycles. The quantitative estimate of drug-likeness (QED) is 0.870. The fourth-order valence-corrected chi connectivity index (χ4v) is 2.01. The number of ketones is 1. The van der Waals surface area contributed by atoms with Crippen LogP contribution >= 0.6 is 15.9 Å². The molecule has 0 aliphatic heterocycles. The average molecular weight is 332 g/mol. The maximum atomic E-state index is 12.0. The van der Waals surface area contributed by atoms with Gasteiger partial charge in [-0.05, 0) is 36.8 Å². The number of hydrogen-bond donors (Lipinski definition) is 1. The number of Topliss-reactive ketones (excluding diaryl/α,β-unsaturated/α-hetero) is 1. The van der Waals surface area contributed by atoms with Gasteiger partial charge in [0, 0.05) is 22.1 Å². The van der Waals surface area contributed by atoms with Gasteiger partial charge in [-0.1, -0.05) is 40.2 Å². The van der Waals surface area contributed by atoms with Crippen LogP contribution in [0.15, 0.2) is 53.0 Å². The van der Waals surface area contributed by atoms with Crippen molar-refractivity contribution in [3.05, 3.63) is 69.7 Å². The molecule has 0 spiro atoms. The standard InChI is InChI=1S/C16H14BrNO2/c1-11(19)13-4-6-14(7-5-13)16(20)18-10-12-2-8-15(17)9-3-12/h2-9H,10H2,1H3,(H,18,20). The summed E-state index contributed by atoms with van der Waals surface area (Å²) in [5, 5.41) is 2.84. The lowest BCUT2D eigenvalue weighted by atomic mass is 10.1. The summed E-state index contributed by atoms with van der Waals surface area (Å²) in [6.45, 7) is 1.98. The smallest absolute Gasteiger partial charge is 0.251 e. The van der Waals surface area contributed by atoms with Crippen LogP contribution in [0.2, 0.25) is 0 Å². The molecular formula is C16H14BrNO2. The van der Waals surface area contributed by atoms with Gasteiger partial charge in [-0.3, -0.25) is 9.59 Å². The lowest BCUT2D eigenvalue weighted by molar-refractivity contribution is 0.0949. The van der Waals surface area contributed by atoms with Crippen molar-refractivity contribution in [2.75, 3.05) is 0 Å². The zero-order chi connectivity index (χ0) is 14.5. The number of nitrogens with one attached hydrogen (secondary N) is 1. The number of amides is 1. The van der Waals surface area contributed by atoms with E-state index >= 15 is 0 Å². The highest BCUT2D eigenvalue weighted by molar-refractivity contribution is 9.10. The highest BCUT2D eigenvalue weighted by Gasteiger charge is 2.06. The summed E-state index contributed by atoms with van der Waals surface area (Å²) in [5.74, 6) is -0.158. The third-order valence-electron chi connectivity index (χ3n) is 2.92. The van der Waals surface area contributed by atoms with E-state index in [0.29, 0.717) is 17.7 Å². The summed E-state index contributed by atoms with van der Waals surface area (Å²) in [4.78, 5) is 23.1. The van der Waals surface area contributed by atoms with Gasteiger partial charge in [0.05, 0.1) is 0 Å². The van der Waals surface area contributed by atoms with Crippen molar-refractivity contribution in [1.82, 2.24) is 5.32 Å². The molecule has 3 nitrogen and oxygen atoms in total. The molecule has 0 aromatic heterocycles. The second kappa shape index (κ2) is 6.48. The largest absolute Gasteiger partial charge is 0.348 e. The van der Waals surface area contributed by atoms with Crippen molar-refractivity contribution in [1.29, 1.82) is 0 Å². The summed E-state index contributed by atoms with van der Waals surface area (Å²) < 4.78 is 1.01. The fraction of sp³-hybridized carbons (Fsp3) is 0.125. The topological polar surface area (TPSA) is 46.2 Å². The van der Waals surface area contributed by atoms with Crippen LogP contribution in [0, 0.1) is 0 Å². The van der Waals surface area contributed by atoms with Gasteiger partial charge in [0.25, 0.3) is 5.91 Å². The Labute approximate surface area is 126 Å². The maximum Gasteiger partial charge on any atom is 0.251 e. The second-order valence-electron chi connectivity index (χ2n) is 4.44. The van der Waals surface area contributed by atoms with E-state index in [0.717, 1.165) is 10.0 Å². The van der Waals surface area contributed by atoms with Crippen molar-refractivity contribution < 1.29 is 9.59 Å². The minimum absolute atomic E-state index is 0.00757. The highest BCUT2D eigenvalue weighted by Crippen LogP contribution is 2.10. The molecule has 1 N–H and O–H groups in total. The summed E-state index contributed by atoms with van der Waals surface area (Å²) in [5.41, 5.74) is 2.18. The van der Waals surface area contributed by atoms with Crippen LogP contribution in [0.25, 0.3) is 0 Å². The molecule has 2 aromatic rings. The molecule has 0 aliphatic carbocycles. The van der Waals surface area contributed by atoms with Gasteiger partial charge in [-0.15, -0.1) is 0 Å². The van der Waals surface area contributed by atoms with Crippen molar-refractivity contribution in [2.45, 2.75) is 13.5 Å². The number of benzene rings is 2. The van der Waals surface area contributed by atoms with Gasteiger partial charge in [-0.2, -0.15) is 0 Å². The summed E-state index contributed by atoms with van der Waals surface area (Å²) in [6.07, 6.45) is 0. The number of carbonyl (C=O) groups is 2. The first-order valence-electron chi connectivity index (χ1n) is 6.20. The Kier molecular flexibility index (Phi) is 4.69. The predicted molar refractivity (Wildman–Crippen MR) is 81.8 cm³/mol. The molecule has 1 amide bonds. The Balaban J connectivity index is 1.97. The third-order valence-corrected chi connectivity index (χ3v) is 3.45. The molecule has 0 atom stereocenters. The Morgan fingerprint density at radius 3 is 2.05 bits per heavy atom. The molecule has 4 heteroatoms. The number of carbonyl (C=O) groups excluding carboxylic acids is 2. The van der Waals surface area contributed by atoms with Crippen LogP contribution in [0.4, 0.5) is 0 Å². The molecule has 2 rings (SSSR count). The lowest BCUT2D eigenvalue weighted by Gasteiger charge is -2.06. The molecule has 20 heavy (non-hydrogen) atoms. The molecular weight excluding hydrogens is 318 g/mol. The van der Waals surface area contributed by atoms with E-state index in [1.54, 1.807) is 24.3 Å². The molecule has 0 unspecified atom stereocenters. The zero-order valence-electron chi connectivity index (χ0n) is 11.0. The average Bonchev–Trinajstić information content (AvgIpc) is 2.46. The Hall–Kier alpha value is -1.94. The van der Waals surface area contributed by atoms with Crippen LogP contribution in [-0.2, 0) is 6.54 Å². The second-order valence-corrected chi connectivity index (χ2v) is 5.36. The van der Waals surface area contributed by atoms with Crippen LogP contribution in [0.3, 0.4) is 0 Å². The molecule has 2 aromatic carbocycles. The Bertz CT molecular complexity index is 618. The first-order chi connectivity index (χ1) is 9.56. The summed E-state index contributed by atoms with van der Waals surface area (Å²) in [7, 11) is 0. The molecule has 0 fully saturated rings. The molecule has 0 radical (unpaired) electrons. The minimum atomic E-state index is -0.150. The maximum absolute atomic E-state index is 12.0. The van der Waals surface area contributed by atoms with Crippen molar-refractivity contribution in [3.8, 4) is 0 Å². The zero-order valence-corrected chi connectivity index (χ0v) is 12.6. The van der Waals surface area contributed by atoms with E-state index < -0.39 is 0 Å². The van der Waals surface area contributed by atoms with E-state index in [-0.39, 0.29) is 11.7 Å². The predicted octanol–water partition coefficient (Wildman–Crippen LogP) is 3.58. The fourth-order valence-electron chi connectivity index (χ4n) is 1.74. The number of hydrogen-bond acceptors (Lipinski definition) is 2. The number of rotatable bonds is 4. The van der Waals surface area contributed by atoms with Gasteiger partial charge in [-0.25, -0.2) is 0 Å². The van der Waals surface area contributed by atoms with Crippen LogP contribution in [0.5, 0.6) is 0 Å². The van der Waals surface area contributed by atoms with Gasteiger partial charge < -0.3 is 5.32 Å². The Morgan fingerprint density at radius 2 is 1.50 bits per heavy atom.